The van der Waals surface area contributed by atoms with E-state index in [-0.39, 0.29) is 33.7 Å². The van der Waals surface area contributed by atoms with Gasteiger partial charge in [0.1, 0.15) is 5.75 Å². The lowest BCUT2D eigenvalue weighted by molar-refractivity contribution is -0.187. The third-order valence-corrected chi connectivity index (χ3v) is 3.49. The average Bonchev–Trinajstić information content (AvgIpc) is 2.41. The monoisotopic (exact) mass is 356 g/mol. The van der Waals surface area contributed by atoms with Gasteiger partial charge in [0.05, 0.1) is 22.2 Å². The molecule has 120 valence electrons. The summed E-state index contributed by atoms with van der Waals surface area (Å²) in [6.07, 6.45) is -6.66. The van der Waals surface area contributed by atoms with E-state index in [2.05, 4.69) is 0 Å². The van der Waals surface area contributed by atoms with Gasteiger partial charge < -0.3 is 14.6 Å². The molecule has 0 amide bonds. The van der Waals surface area contributed by atoms with E-state index in [0.717, 1.165) is 12.1 Å². The van der Waals surface area contributed by atoms with Gasteiger partial charge >= 0.3 is 12.1 Å². The number of alkyl halides is 3. The summed E-state index contributed by atoms with van der Waals surface area (Å²) in [6.45, 7) is 1.89. The highest BCUT2D eigenvalue weighted by molar-refractivity contribution is 6.38. The molecule has 0 aliphatic carbocycles. The minimum Gasteiger partial charge on any atom is -0.491 e. The van der Waals surface area contributed by atoms with Crippen LogP contribution in [0.2, 0.25) is 10.0 Å². The highest BCUT2D eigenvalue weighted by Gasteiger charge is 2.48. The van der Waals surface area contributed by atoms with Gasteiger partial charge in [0.25, 0.3) is 0 Å². The number of hydrogen-bond donors (Lipinski definition) is 1. The molecule has 4 nitrogen and oxygen atoms in total. The van der Waals surface area contributed by atoms with Crippen molar-refractivity contribution in [3.63, 3.8) is 0 Å². The minimum atomic E-state index is -4.89. The van der Waals surface area contributed by atoms with E-state index in [9.17, 15) is 18.0 Å². The molecule has 0 aromatic heterocycles. The first-order chi connectivity index (χ1) is 10.2. The summed E-state index contributed by atoms with van der Waals surface area (Å²) in [5, 5.41) is 8.83. The SMILES string of the molecule is CCOc1c(Cl)cc2c(c1Cl)C=C(C(=O)O)[C@@H](C(F)(F)F)O2. The number of halogens is 5. The van der Waals surface area contributed by atoms with E-state index in [4.69, 9.17) is 37.8 Å². The van der Waals surface area contributed by atoms with Crippen LogP contribution in [0, 0.1) is 0 Å². The maximum Gasteiger partial charge on any atom is 0.430 e. The molecule has 2 rings (SSSR count). The zero-order valence-electron chi connectivity index (χ0n) is 11.0. The van der Waals surface area contributed by atoms with Crippen molar-refractivity contribution in [2.45, 2.75) is 19.2 Å². The van der Waals surface area contributed by atoms with Gasteiger partial charge in [-0.2, -0.15) is 13.2 Å². The molecule has 1 aliphatic rings. The van der Waals surface area contributed by atoms with Crippen molar-refractivity contribution in [3.05, 3.63) is 27.2 Å². The Bertz CT molecular complexity index is 656. The zero-order chi connectivity index (χ0) is 16.7. The van der Waals surface area contributed by atoms with Gasteiger partial charge in [0, 0.05) is 11.6 Å². The summed E-state index contributed by atoms with van der Waals surface area (Å²) in [6, 6.07) is 1.11. The third-order valence-electron chi connectivity index (χ3n) is 2.84. The fourth-order valence-corrected chi connectivity index (χ4v) is 2.54. The maximum atomic E-state index is 12.9. The maximum absolute atomic E-state index is 12.9. The standard InChI is InChI=1S/C13H9Cl2F3O4/c1-2-21-10-7(14)4-8-5(9(10)15)3-6(12(19)20)11(22-8)13(16,17)18/h3-4,11H,2H2,1H3,(H,19,20)/t11-/m0/s1. The van der Waals surface area contributed by atoms with Crippen molar-refractivity contribution in [3.8, 4) is 11.5 Å². The summed E-state index contributed by atoms with van der Waals surface area (Å²) in [4.78, 5) is 11.1. The van der Waals surface area contributed by atoms with Crippen LogP contribution in [0.5, 0.6) is 11.5 Å². The predicted octanol–water partition coefficient (Wildman–Crippen LogP) is 4.18. The second-order valence-electron chi connectivity index (χ2n) is 4.29. The number of aliphatic carboxylic acids is 1. The van der Waals surface area contributed by atoms with Crippen molar-refractivity contribution in [2.24, 2.45) is 0 Å². The molecule has 0 saturated heterocycles. The van der Waals surface area contributed by atoms with Crippen LogP contribution in [0.25, 0.3) is 6.08 Å². The lowest BCUT2D eigenvalue weighted by Gasteiger charge is -2.28. The van der Waals surface area contributed by atoms with Gasteiger partial charge in [0.2, 0.25) is 6.10 Å². The number of carbonyl (C=O) groups is 1. The van der Waals surface area contributed by atoms with Crippen molar-refractivity contribution < 1.29 is 32.5 Å². The molecule has 1 aliphatic heterocycles. The van der Waals surface area contributed by atoms with Crippen LogP contribution < -0.4 is 9.47 Å². The van der Waals surface area contributed by atoms with Gasteiger partial charge in [-0.25, -0.2) is 4.79 Å². The molecule has 9 heteroatoms. The van der Waals surface area contributed by atoms with Gasteiger partial charge in [-0.3, -0.25) is 0 Å². The Labute approximate surface area is 133 Å². The zero-order valence-corrected chi connectivity index (χ0v) is 12.5. The summed E-state index contributed by atoms with van der Waals surface area (Å²) in [7, 11) is 0. The molecule has 0 unspecified atom stereocenters. The van der Waals surface area contributed by atoms with Crippen molar-refractivity contribution in [2.75, 3.05) is 6.61 Å². The van der Waals surface area contributed by atoms with E-state index in [1.807, 2.05) is 0 Å². The Morgan fingerprint density at radius 3 is 2.59 bits per heavy atom. The Morgan fingerprint density at radius 1 is 1.45 bits per heavy atom. The van der Waals surface area contributed by atoms with Gasteiger partial charge in [-0.1, -0.05) is 23.2 Å². The number of fused-ring (bicyclic) bond motifs is 1. The Hall–Kier alpha value is -1.60. The fraction of sp³-hybridized carbons (Fsp3) is 0.308. The number of rotatable bonds is 3. The summed E-state index contributed by atoms with van der Waals surface area (Å²) >= 11 is 11.9. The van der Waals surface area contributed by atoms with Crippen LogP contribution in [-0.2, 0) is 4.79 Å². The molecule has 1 atom stereocenters. The number of ether oxygens (including phenoxy) is 2. The number of hydrogen-bond acceptors (Lipinski definition) is 3. The molecule has 0 fully saturated rings. The molecule has 0 saturated carbocycles. The van der Waals surface area contributed by atoms with Crippen LogP contribution in [0.4, 0.5) is 13.2 Å². The van der Waals surface area contributed by atoms with Crippen molar-refractivity contribution >= 4 is 35.2 Å². The summed E-state index contributed by atoms with van der Waals surface area (Å²) in [5.74, 6) is -1.96. The van der Waals surface area contributed by atoms with E-state index in [0.29, 0.717) is 0 Å². The van der Waals surface area contributed by atoms with Crippen LogP contribution in [0.15, 0.2) is 11.6 Å². The number of benzene rings is 1. The smallest absolute Gasteiger partial charge is 0.430 e. The van der Waals surface area contributed by atoms with Crippen LogP contribution in [0.1, 0.15) is 12.5 Å². The van der Waals surface area contributed by atoms with E-state index in [1.165, 1.54) is 0 Å². The van der Waals surface area contributed by atoms with E-state index < -0.39 is 23.8 Å². The first kappa shape index (κ1) is 16.8. The Kier molecular flexibility index (Phi) is 4.49. The first-order valence-corrected chi connectivity index (χ1v) is 6.75. The first-order valence-electron chi connectivity index (χ1n) is 5.99. The highest BCUT2D eigenvalue weighted by atomic mass is 35.5. The molecule has 1 heterocycles. The molecule has 0 spiro atoms. The molecule has 1 aromatic carbocycles. The summed E-state index contributed by atoms with van der Waals surface area (Å²) in [5.41, 5.74) is -0.987. The summed E-state index contributed by atoms with van der Waals surface area (Å²) < 4.78 is 48.8. The molecule has 0 radical (unpaired) electrons. The molecule has 22 heavy (non-hydrogen) atoms. The normalized spacial score (nSPS) is 17.4. The van der Waals surface area contributed by atoms with Gasteiger partial charge in [-0.05, 0) is 13.0 Å². The van der Waals surface area contributed by atoms with E-state index in [1.54, 1.807) is 6.92 Å². The van der Waals surface area contributed by atoms with Crippen LogP contribution >= 0.6 is 23.2 Å². The molecular formula is C13H9Cl2F3O4. The third kappa shape index (κ3) is 2.96. The van der Waals surface area contributed by atoms with Crippen LogP contribution in [-0.4, -0.2) is 30.0 Å². The Balaban J connectivity index is 2.63. The lowest BCUT2D eigenvalue weighted by Crippen LogP contribution is -2.40. The lowest BCUT2D eigenvalue weighted by atomic mass is 10.0. The van der Waals surface area contributed by atoms with E-state index >= 15 is 0 Å². The van der Waals surface area contributed by atoms with Gasteiger partial charge in [-0.15, -0.1) is 0 Å². The molecule has 1 N–H and O–H groups in total. The fourth-order valence-electron chi connectivity index (χ4n) is 1.94. The van der Waals surface area contributed by atoms with Crippen LogP contribution in [0.3, 0.4) is 0 Å². The largest absolute Gasteiger partial charge is 0.491 e. The minimum absolute atomic E-state index is 0.0209. The Morgan fingerprint density at radius 2 is 2.09 bits per heavy atom. The van der Waals surface area contributed by atoms with Crippen molar-refractivity contribution in [1.82, 2.24) is 0 Å². The predicted molar refractivity (Wildman–Crippen MR) is 73.7 cm³/mol. The number of carboxylic acid groups (broad SMARTS) is 1. The van der Waals surface area contributed by atoms with Crippen molar-refractivity contribution in [1.29, 1.82) is 0 Å². The topological polar surface area (TPSA) is 55.8 Å². The number of carboxylic acids is 1. The quantitative estimate of drug-likeness (QED) is 0.882. The highest BCUT2D eigenvalue weighted by Crippen LogP contribution is 2.46. The second kappa shape index (κ2) is 5.89. The van der Waals surface area contributed by atoms with Gasteiger partial charge in [0.15, 0.2) is 5.75 Å². The molecule has 1 aromatic rings. The molecular weight excluding hydrogens is 348 g/mol. The second-order valence-corrected chi connectivity index (χ2v) is 5.08. The molecule has 0 bridgehead atoms. The average molecular weight is 357 g/mol.